The van der Waals surface area contributed by atoms with Crippen LogP contribution in [-0.4, -0.2) is 22.9 Å². The van der Waals surface area contributed by atoms with Gasteiger partial charge in [-0.05, 0) is 31.2 Å². The predicted octanol–water partition coefficient (Wildman–Crippen LogP) is 3.13. The number of phenolic OH excluding ortho intramolecular Hbond substituents is 1. The summed E-state index contributed by atoms with van der Waals surface area (Å²) in [5.41, 5.74) is 1.83. The van der Waals surface area contributed by atoms with Crippen molar-refractivity contribution in [2.24, 2.45) is 16.0 Å². The minimum Gasteiger partial charge on any atom is -0.506 e. The smallest absolute Gasteiger partial charge is 0.261 e. The molecule has 1 aliphatic rings. The first-order valence-electron chi connectivity index (χ1n) is 6.93. The second-order valence-corrected chi connectivity index (χ2v) is 4.97. The third-order valence-electron chi connectivity index (χ3n) is 3.43. The highest BCUT2D eigenvalue weighted by molar-refractivity contribution is 6.23. The first kappa shape index (κ1) is 14.0. The summed E-state index contributed by atoms with van der Waals surface area (Å²) in [5.74, 6) is -0.582. The van der Waals surface area contributed by atoms with Crippen LogP contribution in [0.15, 0.2) is 64.7 Å². The van der Waals surface area contributed by atoms with Crippen molar-refractivity contribution >= 4 is 29.2 Å². The number of aromatic hydroxyl groups is 1. The van der Waals surface area contributed by atoms with Crippen molar-refractivity contribution in [1.29, 1.82) is 0 Å². The second-order valence-electron chi connectivity index (χ2n) is 4.97. The van der Waals surface area contributed by atoms with Crippen LogP contribution in [0.1, 0.15) is 6.92 Å². The highest BCUT2D eigenvalue weighted by Crippen LogP contribution is 2.26. The molecule has 1 heterocycles. The lowest BCUT2D eigenvalue weighted by Gasteiger charge is -2.12. The molecule has 0 unspecified atom stereocenters. The topological polar surface area (TPSA) is 65.3 Å². The maximum Gasteiger partial charge on any atom is 0.261 e. The number of nitrogens with zero attached hydrogens (tertiary/aromatic N) is 3. The Morgan fingerprint density at radius 3 is 2.55 bits per heavy atom. The monoisotopic (exact) mass is 293 g/mol. The number of hydrazone groups is 1. The van der Waals surface area contributed by atoms with E-state index in [-0.39, 0.29) is 11.7 Å². The SMILES string of the molecule is CC1=NN(c2ccccc2)C(=O)[C@H]1C=Nc1ccccc1O. The van der Waals surface area contributed by atoms with Gasteiger partial charge in [-0.3, -0.25) is 9.79 Å². The van der Waals surface area contributed by atoms with Gasteiger partial charge in [0.25, 0.3) is 5.91 Å². The van der Waals surface area contributed by atoms with Crippen molar-refractivity contribution in [2.75, 3.05) is 5.01 Å². The molecule has 0 radical (unpaired) electrons. The Balaban J connectivity index is 1.83. The molecule has 22 heavy (non-hydrogen) atoms. The van der Waals surface area contributed by atoms with Gasteiger partial charge < -0.3 is 5.11 Å². The summed E-state index contributed by atoms with van der Waals surface area (Å²) in [4.78, 5) is 16.7. The van der Waals surface area contributed by atoms with Gasteiger partial charge in [0.15, 0.2) is 0 Å². The van der Waals surface area contributed by atoms with E-state index in [1.165, 1.54) is 11.2 Å². The number of amides is 1. The Kier molecular flexibility index (Phi) is 3.70. The van der Waals surface area contributed by atoms with Crippen LogP contribution >= 0.6 is 0 Å². The molecule has 1 amide bonds. The summed E-state index contributed by atoms with van der Waals surface area (Å²) < 4.78 is 0. The van der Waals surface area contributed by atoms with Crippen LogP contribution in [0, 0.1) is 5.92 Å². The quantitative estimate of drug-likeness (QED) is 0.883. The van der Waals surface area contributed by atoms with Crippen molar-refractivity contribution in [3.05, 3.63) is 54.6 Å². The van der Waals surface area contributed by atoms with Gasteiger partial charge in [-0.1, -0.05) is 30.3 Å². The lowest BCUT2D eigenvalue weighted by atomic mass is 10.1. The summed E-state index contributed by atoms with van der Waals surface area (Å²) in [5, 5.41) is 15.4. The Hall–Kier alpha value is -2.95. The van der Waals surface area contributed by atoms with Gasteiger partial charge in [0.2, 0.25) is 0 Å². The molecule has 2 aromatic carbocycles. The van der Waals surface area contributed by atoms with Crippen molar-refractivity contribution < 1.29 is 9.90 Å². The molecule has 0 fully saturated rings. The van der Waals surface area contributed by atoms with Crippen LogP contribution in [0.4, 0.5) is 11.4 Å². The average molecular weight is 293 g/mol. The van der Waals surface area contributed by atoms with Gasteiger partial charge in [0.05, 0.1) is 11.4 Å². The van der Waals surface area contributed by atoms with E-state index < -0.39 is 5.92 Å². The minimum atomic E-state index is -0.514. The summed E-state index contributed by atoms with van der Waals surface area (Å²) in [6.45, 7) is 1.79. The molecular formula is C17H15N3O2. The summed E-state index contributed by atoms with van der Waals surface area (Å²) in [7, 11) is 0. The first-order chi connectivity index (χ1) is 10.7. The molecule has 0 aliphatic carbocycles. The molecule has 0 saturated heterocycles. The van der Waals surface area contributed by atoms with E-state index in [1.807, 2.05) is 30.3 Å². The average Bonchev–Trinajstić information content (AvgIpc) is 2.82. The van der Waals surface area contributed by atoms with E-state index in [2.05, 4.69) is 10.1 Å². The van der Waals surface area contributed by atoms with Crippen LogP contribution < -0.4 is 5.01 Å². The number of anilines is 1. The number of hydrogen-bond donors (Lipinski definition) is 1. The fraction of sp³-hybridized carbons (Fsp3) is 0.118. The summed E-state index contributed by atoms with van der Waals surface area (Å²) in [6, 6.07) is 16.0. The molecule has 5 nitrogen and oxygen atoms in total. The molecule has 1 atom stereocenters. The van der Waals surface area contributed by atoms with Crippen molar-refractivity contribution in [3.63, 3.8) is 0 Å². The normalized spacial score (nSPS) is 18.0. The van der Waals surface area contributed by atoms with Gasteiger partial charge >= 0.3 is 0 Å². The number of carbonyl (C=O) groups is 1. The zero-order chi connectivity index (χ0) is 15.5. The van der Waals surface area contributed by atoms with Gasteiger partial charge in [-0.25, -0.2) is 0 Å². The number of aliphatic imine (C=N–C) groups is 1. The zero-order valence-corrected chi connectivity index (χ0v) is 12.0. The fourth-order valence-electron chi connectivity index (χ4n) is 2.23. The number of hydrogen-bond acceptors (Lipinski definition) is 4. The van der Waals surface area contributed by atoms with E-state index in [0.717, 1.165) is 5.69 Å². The standard InChI is InChI=1S/C17H15N3O2/c1-12-14(11-18-15-9-5-6-10-16(15)21)17(22)20(19-12)13-7-3-2-4-8-13/h2-11,14,21H,1H3/t14-/m0/s1. The van der Waals surface area contributed by atoms with Crippen LogP contribution in [0.25, 0.3) is 0 Å². The zero-order valence-electron chi connectivity index (χ0n) is 12.0. The Morgan fingerprint density at radius 2 is 1.82 bits per heavy atom. The number of rotatable bonds is 3. The summed E-state index contributed by atoms with van der Waals surface area (Å²) >= 11 is 0. The molecule has 2 aromatic rings. The summed E-state index contributed by atoms with van der Waals surface area (Å²) in [6.07, 6.45) is 1.53. The number of phenols is 1. The Bertz CT molecular complexity index is 754. The lowest BCUT2D eigenvalue weighted by Crippen LogP contribution is -2.27. The maximum absolute atomic E-state index is 12.5. The third kappa shape index (κ3) is 2.61. The van der Waals surface area contributed by atoms with E-state index >= 15 is 0 Å². The number of para-hydroxylation sites is 3. The Labute approximate surface area is 128 Å². The van der Waals surface area contributed by atoms with E-state index in [1.54, 1.807) is 31.2 Å². The first-order valence-corrected chi connectivity index (χ1v) is 6.93. The van der Waals surface area contributed by atoms with Crippen LogP contribution in [0.3, 0.4) is 0 Å². The molecule has 1 aliphatic heterocycles. The van der Waals surface area contributed by atoms with Gasteiger partial charge in [-0.15, -0.1) is 0 Å². The fourth-order valence-corrected chi connectivity index (χ4v) is 2.23. The molecule has 110 valence electrons. The van der Waals surface area contributed by atoms with Crippen LogP contribution in [-0.2, 0) is 4.79 Å². The molecule has 5 heteroatoms. The second kappa shape index (κ2) is 5.81. The molecule has 0 aromatic heterocycles. The van der Waals surface area contributed by atoms with E-state index in [0.29, 0.717) is 11.4 Å². The van der Waals surface area contributed by atoms with Crippen LogP contribution in [0.2, 0.25) is 0 Å². The van der Waals surface area contributed by atoms with Gasteiger partial charge in [-0.2, -0.15) is 10.1 Å². The van der Waals surface area contributed by atoms with Gasteiger partial charge in [0.1, 0.15) is 17.4 Å². The largest absolute Gasteiger partial charge is 0.506 e. The van der Waals surface area contributed by atoms with E-state index in [9.17, 15) is 9.90 Å². The highest BCUT2D eigenvalue weighted by atomic mass is 16.3. The van der Waals surface area contributed by atoms with Crippen molar-refractivity contribution in [2.45, 2.75) is 6.92 Å². The lowest BCUT2D eigenvalue weighted by molar-refractivity contribution is -0.118. The number of carbonyl (C=O) groups excluding carboxylic acids is 1. The van der Waals surface area contributed by atoms with Gasteiger partial charge in [0, 0.05) is 6.21 Å². The number of benzene rings is 2. The van der Waals surface area contributed by atoms with Crippen molar-refractivity contribution in [3.8, 4) is 5.75 Å². The third-order valence-corrected chi connectivity index (χ3v) is 3.43. The predicted molar refractivity (Wildman–Crippen MR) is 86.8 cm³/mol. The molecule has 3 rings (SSSR count). The molecule has 0 saturated carbocycles. The van der Waals surface area contributed by atoms with Crippen LogP contribution in [0.5, 0.6) is 5.75 Å². The molecule has 1 N–H and O–H groups in total. The Morgan fingerprint density at radius 1 is 1.14 bits per heavy atom. The van der Waals surface area contributed by atoms with E-state index in [4.69, 9.17) is 0 Å². The van der Waals surface area contributed by atoms with Crippen molar-refractivity contribution in [1.82, 2.24) is 0 Å². The molecule has 0 spiro atoms. The molecule has 0 bridgehead atoms. The minimum absolute atomic E-state index is 0.0821. The highest BCUT2D eigenvalue weighted by Gasteiger charge is 2.33. The maximum atomic E-state index is 12.5. The molecular weight excluding hydrogens is 278 g/mol.